The highest BCUT2D eigenvalue weighted by Crippen LogP contribution is 2.26. The molecule has 142 valence electrons. The van der Waals surface area contributed by atoms with Gasteiger partial charge in [-0.2, -0.15) is 0 Å². The number of hydrogen-bond acceptors (Lipinski definition) is 5. The first kappa shape index (κ1) is 17.8. The van der Waals surface area contributed by atoms with Gasteiger partial charge in [-0.3, -0.25) is 4.90 Å². The first-order valence-corrected chi connectivity index (χ1v) is 9.72. The fraction of sp³-hybridized carbons (Fsp3) is 0.429. The van der Waals surface area contributed by atoms with Crippen LogP contribution in [-0.4, -0.2) is 48.2 Å². The minimum absolute atomic E-state index is 0.441. The Morgan fingerprint density at radius 2 is 1.63 bits per heavy atom. The molecule has 6 nitrogen and oxygen atoms in total. The fourth-order valence-electron chi connectivity index (χ4n) is 4.16. The summed E-state index contributed by atoms with van der Waals surface area (Å²) in [6, 6.07) is 12.3. The molecule has 2 aliphatic rings. The van der Waals surface area contributed by atoms with Crippen LogP contribution >= 0.6 is 0 Å². The molecule has 0 atom stereocenters. The summed E-state index contributed by atoms with van der Waals surface area (Å²) in [5, 5.41) is 0. The molecule has 6 heteroatoms. The summed E-state index contributed by atoms with van der Waals surface area (Å²) in [7, 11) is 0. The van der Waals surface area contributed by atoms with Crippen LogP contribution in [0.1, 0.15) is 25.7 Å². The molecular formula is C21H26N4O2. The SMILES string of the molecule is NC(=O)Oc1ccc(-c2ccc(N3CCN(C4CCCC4)CC3)nc2)cc1. The second kappa shape index (κ2) is 7.96. The van der Waals surface area contributed by atoms with Crippen LogP contribution in [0.25, 0.3) is 11.1 Å². The minimum Gasteiger partial charge on any atom is -0.411 e. The summed E-state index contributed by atoms with van der Waals surface area (Å²) >= 11 is 0. The molecule has 1 aliphatic carbocycles. The fourth-order valence-corrected chi connectivity index (χ4v) is 4.16. The molecule has 1 amide bonds. The Morgan fingerprint density at radius 1 is 0.963 bits per heavy atom. The summed E-state index contributed by atoms with van der Waals surface area (Å²) in [6.07, 6.45) is 6.63. The Bertz CT molecular complexity index is 762. The number of ether oxygens (including phenoxy) is 1. The third kappa shape index (κ3) is 4.22. The van der Waals surface area contributed by atoms with E-state index < -0.39 is 6.09 Å². The second-order valence-corrected chi connectivity index (χ2v) is 7.31. The molecule has 2 aromatic rings. The number of hydrogen-bond donors (Lipinski definition) is 1. The van der Waals surface area contributed by atoms with Gasteiger partial charge in [-0.05, 0) is 42.7 Å². The number of nitrogens with zero attached hydrogens (tertiary/aromatic N) is 3. The molecule has 2 fully saturated rings. The van der Waals surface area contributed by atoms with Crippen LogP contribution in [-0.2, 0) is 0 Å². The van der Waals surface area contributed by atoms with E-state index in [1.807, 2.05) is 18.3 Å². The smallest absolute Gasteiger partial charge is 0.409 e. The predicted octanol–water partition coefficient (Wildman–Crippen LogP) is 3.27. The van der Waals surface area contributed by atoms with Gasteiger partial charge in [-0.15, -0.1) is 0 Å². The van der Waals surface area contributed by atoms with Gasteiger partial charge in [-0.1, -0.05) is 25.0 Å². The van der Waals surface area contributed by atoms with Crippen molar-refractivity contribution in [3.63, 3.8) is 0 Å². The van der Waals surface area contributed by atoms with Gasteiger partial charge in [0.1, 0.15) is 11.6 Å². The zero-order valence-corrected chi connectivity index (χ0v) is 15.5. The number of amides is 1. The number of benzene rings is 1. The van der Waals surface area contributed by atoms with Crippen LogP contribution in [0, 0.1) is 0 Å². The van der Waals surface area contributed by atoms with Crippen LogP contribution < -0.4 is 15.4 Å². The quantitative estimate of drug-likeness (QED) is 0.899. The largest absolute Gasteiger partial charge is 0.411 e. The summed E-state index contributed by atoms with van der Waals surface area (Å²) in [5.41, 5.74) is 7.09. The molecule has 27 heavy (non-hydrogen) atoms. The zero-order valence-electron chi connectivity index (χ0n) is 15.5. The molecule has 0 radical (unpaired) electrons. The molecule has 0 spiro atoms. The first-order chi connectivity index (χ1) is 13.2. The van der Waals surface area contributed by atoms with Crippen LogP contribution in [0.2, 0.25) is 0 Å². The number of nitrogens with two attached hydrogens (primary N) is 1. The third-order valence-corrected chi connectivity index (χ3v) is 5.63. The van der Waals surface area contributed by atoms with Gasteiger partial charge >= 0.3 is 6.09 Å². The normalized spacial score (nSPS) is 18.6. The van der Waals surface area contributed by atoms with Gasteiger partial charge in [0.05, 0.1) is 0 Å². The van der Waals surface area contributed by atoms with Crippen LogP contribution in [0.5, 0.6) is 5.75 Å². The highest BCUT2D eigenvalue weighted by atomic mass is 16.5. The van der Waals surface area contributed by atoms with Crippen molar-refractivity contribution in [2.24, 2.45) is 5.73 Å². The number of piperazine rings is 1. The predicted molar refractivity (Wildman–Crippen MR) is 106 cm³/mol. The lowest BCUT2D eigenvalue weighted by Crippen LogP contribution is -2.49. The Labute approximate surface area is 159 Å². The van der Waals surface area contributed by atoms with E-state index in [1.165, 1.54) is 25.7 Å². The molecule has 1 aromatic heterocycles. The van der Waals surface area contributed by atoms with Crippen LogP contribution in [0.4, 0.5) is 10.6 Å². The average Bonchev–Trinajstić information content (AvgIpc) is 3.23. The summed E-state index contributed by atoms with van der Waals surface area (Å²) in [5.74, 6) is 1.48. The van der Waals surface area contributed by atoms with Gasteiger partial charge in [0.2, 0.25) is 0 Å². The van der Waals surface area contributed by atoms with Crippen LogP contribution in [0.3, 0.4) is 0 Å². The maximum absolute atomic E-state index is 10.8. The highest BCUT2D eigenvalue weighted by molar-refractivity contribution is 5.69. The van der Waals surface area contributed by atoms with Crippen molar-refractivity contribution in [3.05, 3.63) is 42.6 Å². The molecule has 1 saturated carbocycles. The van der Waals surface area contributed by atoms with Crippen molar-refractivity contribution in [2.75, 3.05) is 31.1 Å². The van der Waals surface area contributed by atoms with E-state index in [9.17, 15) is 4.79 Å². The lowest BCUT2D eigenvalue weighted by atomic mass is 10.1. The van der Waals surface area contributed by atoms with Crippen molar-refractivity contribution in [3.8, 4) is 16.9 Å². The molecule has 2 N–H and O–H groups in total. The van der Waals surface area contributed by atoms with E-state index in [2.05, 4.69) is 26.9 Å². The topological polar surface area (TPSA) is 71.7 Å². The Balaban J connectivity index is 1.37. The number of carbonyl (C=O) groups is 1. The van der Waals surface area contributed by atoms with E-state index in [0.29, 0.717) is 5.75 Å². The number of rotatable bonds is 4. The number of anilines is 1. The highest BCUT2D eigenvalue weighted by Gasteiger charge is 2.26. The van der Waals surface area contributed by atoms with Gasteiger partial charge in [-0.25, -0.2) is 9.78 Å². The van der Waals surface area contributed by atoms with Gasteiger partial charge in [0.25, 0.3) is 0 Å². The average molecular weight is 366 g/mol. The number of pyridine rings is 1. The Hall–Kier alpha value is -2.60. The molecule has 2 heterocycles. The lowest BCUT2D eigenvalue weighted by molar-refractivity contribution is 0.187. The van der Waals surface area contributed by atoms with E-state index >= 15 is 0 Å². The first-order valence-electron chi connectivity index (χ1n) is 9.72. The third-order valence-electron chi connectivity index (χ3n) is 5.63. The van der Waals surface area contributed by atoms with E-state index in [-0.39, 0.29) is 0 Å². The second-order valence-electron chi connectivity index (χ2n) is 7.31. The standard InChI is InChI=1S/C21H26N4O2/c22-21(26)27-19-8-5-16(6-9-19)17-7-10-20(23-15-17)25-13-11-24(12-14-25)18-3-1-2-4-18/h5-10,15,18H,1-4,11-14H2,(H2,22,26). The molecular weight excluding hydrogens is 340 g/mol. The molecule has 0 unspecified atom stereocenters. The van der Waals surface area contributed by atoms with Gasteiger partial charge in [0, 0.05) is 44.0 Å². The maximum Gasteiger partial charge on any atom is 0.409 e. The molecule has 1 aliphatic heterocycles. The van der Waals surface area contributed by atoms with E-state index in [0.717, 1.165) is 49.2 Å². The molecule has 1 aromatic carbocycles. The van der Waals surface area contributed by atoms with E-state index in [1.54, 1.807) is 12.1 Å². The number of primary amides is 1. The maximum atomic E-state index is 10.8. The van der Waals surface area contributed by atoms with Crippen molar-refractivity contribution >= 4 is 11.9 Å². The van der Waals surface area contributed by atoms with Crippen molar-refractivity contribution in [1.82, 2.24) is 9.88 Å². The molecule has 0 bridgehead atoms. The lowest BCUT2D eigenvalue weighted by Gasteiger charge is -2.38. The Kier molecular flexibility index (Phi) is 5.25. The van der Waals surface area contributed by atoms with Crippen molar-refractivity contribution in [2.45, 2.75) is 31.7 Å². The summed E-state index contributed by atoms with van der Waals surface area (Å²) < 4.78 is 4.86. The summed E-state index contributed by atoms with van der Waals surface area (Å²) in [4.78, 5) is 20.5. The van der Waals surface area contributed by atoms with Gasteiger partial charge in [0.15, 0.2) is 0 Å². The van der Waals surface area contributed by atoms with Crippen molar-refractivity contribution in [1.29, 1.82) is 0 Å². The van der Waals surface area contributed by atoms with E-state index in [4.69, 9.17) is 10.5 Å². The minimum atomic E-state index is -0.804. The van der Waals surface area contributed by atoms with Crippen molar-refractivity contribution < 1.29 is 9.53 Å². The molecule has 1 saturated heterocycles. The van der Waals surface area contributed by atoms with Crippen LogP contribution in [0.15, 0.2) is 42.6 Å². The monoisotopic (exact) mass is 366 g/mol. The molecule has 4 rings (SSSR count). The zero-order chi connectivity index (χ0) is 18.6. The number of aromatic nitrogens is 1. The number of carbonyl (C=O) groups excluding carboxylic acids is 1. The van der Waals surface area contributed by atoms with Gasteiger partial charge < -0.3 is 15.4 Å². The Morgan fingerprint density at radius 3 is 2.22 bits per heavy atom. The summed E-state index contributed by atoms with van der Waals surface area (Å²) in [6.45, 7) is 4.36.